The fourth-order valence-corrected chi connectivity index (χ4v) is 3.59. The summed E-state index contributed by atoms with van der Waals surface area (Å²) >= 11 is 0. The van der Waals surface area contributed by atoms with Crippen LogP contribution in [0.3, 0.4) is 0 Å². The van der Waals surface area contributed by atoms with Gasteiger partial charge in [-0.3, -0.25) is 9.59 Å². The highest BCUT2D eigenvalue weighted by Gasteiger charge is 2.25. The Hall–Kier alpha value is -2.67. The van der Waals surface area contributed by atoms with Crippen LogP contribution in [0.4, 0.5) is 0 Å². The summed E-state index contributed by atoms with van der Waals surface area (Å²) in [4.78, 5) is 28.6. The Balaban J connectivity index is 1.67. The van der Waals surface area contributed by atoms with Crippen LogP contribution in [0, 0.1) is 0 Å². The van der Waals surface area contributed by atoms with Crippen molar-refractivity contribution in [2.75, 3.05) is 32.4 Å². The summed E-state index contributed by atoms with van der Waals surface area (Å²) in [5, 5.41) is 0. The summed E-state index contributed by atoms with van der Waals surface area (Å²) in [6, 6.07) is 15.1. The minimum Gasteiger partial charge on any atom is -0.335 e. The predicted octanol–water partition coefficient (Wildman–Crippen LogP) is 1.69. The summed E-state index contributed by atoms with van der Waals surface area (Å²) in [6.07, 6.45) is 1.12. The third-order valence-corrected chi connectivity index (χ3v) is 5.49. The molecule has 2 aromatic rings. The van der Waals surface area contributed by atoms with Crippen LogP contribution < -0.4 is 0 Å². The van der Waals surface area contributed by atoms with Crippen molar-refractivity contribution in [2.24, 2.45) is 0 Å². The molecule has 7 heteroatoms. The van der Waals surface area contributed by atoms with Crippen LogP contribution in [0.5, 0.6) is 0 Å². The van der Waals surface area contributed by atoms with Crippen LogP contribution in [0.2, 0.25) is 0 Å². The van der Waals surface area contributed by atoms with Crippen LogP contribution in [0.25, 0.3) is 0 Å². The highest BCUT2D eigenvalue weighted by molar-refractivity contribution is 7.90. The largest absolute Gasteiger partial charge is 0.335 e. The van der Waals surface area contributed by atoms with E-state index in [1.54, 1.807) is 34.1 Å². The molecule has 0 spiro atoms. The van der Waals surface area contributed by atoms with Gasteiger partial charge in [-0.2, -0.15) is 0 Å². The van der Waals surface area contributed by atoms with Crippen LogP contribution in [-0.2, 0) is 9.84 Å². The van der Waals surface area contributed by atoms with E-state index in [1.807, 2.05) is 18.2 Å². The zero-order valence-corrected chi connectivity index (χ0v) is 15.3. The molecule has 0 unspecified atom stereocenters. The third-order valence-electron chi connectivity index (χ3n) is 4.38. The molecule has 136 valence electrons. The molecule has 3 rings (SSSR count). The first kappa shape index (κ1) is 18.1. The van der Waals surface area contributed by atoms with Crippen molar-refractivity contribution in [3.05, 3.63) is 65.7 Å². The molecule has 0 bridgehead atoms. The van der Waals surface area contributed by atoms with Crippen molar-refractivity contribution in [1.82, 2.24) is 9.80 Å². The molecule has 0 aromatic heterocycles. The van der Waals surface area contributed by atoms with Crippen molar-refractivity contribution in [1.29, 1.82) is 0 Å². The maximum Gasteiger partial charge on any atom is 0.254 e. The van der Waals surface area contributed by atoms with Gasteiger partial charge >= 0.3 is 0 Å². The molecule has 1 heterocycles. The first-order valence-electron chi connectivity index (χ1n) is 8.30. The molecule has 26 heavy (non-hydrogen) atoms. The molecule has 1 saturated heterocycles. The van der Waals surface area contributed by atoms with Crippen LogP contribution in [0.1, 0.15) is 20.7 Å². The number of hydrogen-bond donors (Lipinski definition) is 0. The van der Waals surface area contributed by atoms with Gasteiger partial charge in [0.1, 0.15) is 0 Å². The molecule has 0 N–H and O–H groups in total. The highest BCUT2D eigenvalue weighted by Crippen LogP contribution is 2.15. The highest BCUT2D eigenvalue weighted by atomic mass is 32.2. The average Bonchev–Trinajstić information content (AvgIpc) is 2.67. The lowest BCUT2D eigenvalue weighted by Crippen LogP contribution is -2.50. The predicted molar refractivity (Wildman–Crippen MR) is 97.8 cm³/mol. The molecule has 1 fully saturated rings. The second-order valence-corrected chi connectivity index (χ2v) is 8.27. The Labute approximate surface area is 153 Å². The van der Waals surface area contributed by atoms with Crippen molar-refractivity contribution in [3.8, 4) is 0 Å². The van der Waals surface area contributed by atoms with Gasteiger partial charge in [0.05, 0.1) is 4.90 Å². The van der Waals surface area contributed by atoms with E-state index in [2.05, 4.69) is 0 Å². The number of nitrogens with zero attached hydrogens (tertiary/aromatic N) is 2. The molecule has 0 radical (unpaired) electrons. The van der Waals surface area contributed by atoms with Crippen LogP contribution in [0.15, 0.2) is 59.5 Å². The maximum absolute atomic E-state index is 12.7. The Morgan fingerprint density at radius 2 is 1.27 bits per heavy atom. The lowest BCUT2D eigenvalue weighted by molar-refractivity contribution is 0.0535. The molecule has 0 saturated carbocycles. The number of piperazine rings is 1. The van der Waals surface area contributed by atoms with Crippen molar-refractivity contribution in [3.63, 3.8) is 0 Å². The van der Waals surface area contributed by atoms with Gasteiger partial charge in [-0.15, -0.1) is 0 Å². The van der Waals surface area contributed by atoms with Gasteiger partial charge in [0.2, 0.25) is 0 Å². The van der Waals surface area contributed by atoms with Gasteiger partial charge < -0.3 is 9.80 Å². The van der Waals surface area contributed by atoms with Crippen molar-refractivity contribution < 1.29 is 18.0 Å². The summed E-state index contributed by atoms with van der Waals surface area (Å²) in [5.41, 5.74) is 0.976. The summed E-state index contributed by atoms with van der Waals surface area (Å²) in [5.74, 6) is -0.265. The number of rotatable bonds is 3. The molecule has 0 aliphatic carbocycles. The summed E-state index contributed by atoms with van der Waals surface area (Å²) in [6.45, 7) is 1.73. The van der Waals surface area contributed by atoms with E-state index in [0.717, 1.165) is 6.26 Å². The smallest absolute Gasteiger partial charge is 0.254 e. The fraction of sp³-hybridized carbons (Fsp3) is 0.263. The lowest BCUT2D eigenvalue weighted by Gasteiger charge is -2.35. The summed E-state index contributed by atoms with van der Waals surface area (Å²) in [7, 11) is -3.36. The molecule has 1 aliphatic heterocycles. The van der Waals surface area contributed by atoms with Crippen LogP contribution >= 0.6 is 0 Å². The van der Waals surface area contributed by atoms with Crippen molar-refractivity contribution in [2.45, 2.75) is 4.90 Å². The lowest BCUT2D eigenvalue weighted by atomic mass is 10.1. The molecule has 6 nitrogen and oxygen atoms in total. The Bertz CT molecular complexity index is 918. The minimum absolute atomic E-state index is 0.0447. The standard InChI is InChI=1S/C19H20N2O4S/c1-26(24,25)17-9-5-8-16(14-17)19(23)21-12-10-20(11-13-21)18(22)15-6-3-2-4-7-15/h2-9,14H,10-13H2,1H3. The van der Waals surface area contributed by atoms with Crippen molar-refractivity contribution >= 4 is 21.7 Å². The molecular formula is C19H20N2O4S. The van der Waals surface area contributed by atoms with Crippen LogP contribution in [-0.4, -0.2) is 62.5 Å². The van der Waals surface area contributed by atoms with E-state index in [1.165, 1.54) is 12.1 Å². The SMILES string of the molecule is CS(=O)(=O)c1cccc(C(=O)N2CCN(C(=O)c3ccccc3)CC2)c1. The maximum atomic E-state index is 12.7. The van der Waals surface area contributed by atoms with Gasteiger partial charge in [-0.1, -0.05) is 24.3 Å². The zero-order chi connectivity index (χ0) is 18.7. The normalized spacial score (nSPS) is 15.0. The third kappa shape index (κ3) is 3.94. The number of benzene rings is 2. The molecule has 2 amide bonds. The number of amides is 2. The Morgan fingerprint density at radius 3 is 1.81 bits per heavy atom. The Morgan fingerprint density at radius 1 is 0.769 bits per heavy atom. The molecule has 2 aromatic carbocycles. The number of carbonyl (C=O) groups is 2. The number of carbonyl (C=O) groups excluding carboxylic acids is 2. The van der Waals surface area contributed by atoms with E-state index < -0.39 is 9.84 Å². The van der Waals surface area contributed by atoms with Gasteiger partial charge in [-0.05, 0) is 30.3 Å². The summed E-state index contributed by atoms with van der Waals surface area (Å²) < 4.78 is 23.3. The number of hydrogen-bond acceptors (Lipinski definition) is 4. The van der Waals surface area contributed by atoms with E-state index in [0.29, 0.717) is 37.3 Å². The molecule has 1 aliphatic rings. The Kier molecular flexibility index (Phi) is 5.08. The average molecular weight is 372 g/mol. The van der Waals surface area contributed by atoms with Gasteiger partial charge in [0, 0.05) is 43.6 Å². The number of sulfone groups is 1. The first-order chi connectivity index (χ1) is 12.4. The topological polar surface area (TPSA) is 74.8 Å². The van der Waals surface area contributed by atoms with E-state index in [4.69, 9.17) is 0 Å². The minimum atomic E-state index is -3.36. The zero-order valence-electron chi connectivity index (χ0n) is 14.5. The molecular weight excluding hydrogens is 352 g/mol. The second kappa shape index (κ2) is 7.29. The van der Waals surface area contributed by atoms with E-state index in [-0.39, 0.29) is 16.7 Å². The van der Waals surface area contributed by atoms with Gasteiger partial charge in [-0.25, -0.2) is 8.42 Å². The van der Waals surface area contributed by atoms with E-state index >= 15 is 0 Å². The fourth-order valence-electron chi connectivity index (χ4n) is 2.92. The quantitative estimate of drug-likeness (QED) is 0.822. The van der Waals surface area contributed by atoms with E-state index in [9.17, 15) is 18.0 Å². The first-order valence-corrected chi connectivity index (χ1v) is 10.2. The van der Waals surface area contributed by atoms with Gasteiger partial charge in [0.25, 0.3) is 11.8 Å². The second-order valence-electron chi connectivity index (χ2n) is 6.25. The van der Waals surface area contributed by atoms with Gasteiger partial charge in [0.15, 0.2) is 9.84 Å². The monoisotopic (exact) mass is 372 g/mol. The molecule has 0 atom stereocenters.